The zero-order valence-corrected chi connectivity index (χ0v) is 14.3. The lowest BCUT2D eigenvalue weighted by Crippen LogP contribution is -2.38. The summed E-state index contributed by atoms with van der Waals surface area (Å²) in [6, 6.07) is 7.60. The molecule has 2 N–H and O–H groups in total. The van der Waals surface area contributed by atoms with Crippen LogP contribution in [0.1, 0.15) is 35.2 Å². The summed E-state index contributed by atoms with van der Waals surface area (Å²) >= 11 is 0. The summed E-state index contributed by atoms with van der Waals surface area (Å²) < 4.78 is 6.64. The van der Waals surface area contributed by atoms with Gasteiger partial charge in [-0.15, -0.1) is 0 Å². The first-order chi connectivity index (χ1) is 12.1. The van der Waals surface area contributed by atoms with E-state index in [2.05, 4.69) is 5.10 Å². The predicted octanol–water partition coefficient (Wildman–Crippen LogP) is 1.93. The second-order valence-electron chi connectivity index (χ2n) is 6.16. The second-order valence-corrected chi connectivity index (χ2v) is 6.16. The molecule has 1 amide bonds. The van der Waals surface area contributed by atoms with E-state index in [9.17, 15) is 9.59 Å². The Morgan fingerprint density at radius 1 is 1.20 bits per heavy atom. The quantitative estimate of drug-likeness (QED) is 0.858. The lowest BCUT2D eigenvalue weighted by atomic mass is 10.1. The minimum absolute atomic E-state index is 0.162. The average molecular weight is 342 g/mol. The molecule has 0 saturated carbocycles. The Hall–Kier alpha value is -2.83. The third-order valence-electron chi connectivity index (χ3n) is 4.41. The van der Waals surface area contributed by atoms with E-state index >= 15 is 0 Å². The Balaban J connectivity index is 1.67. The maximum Gasteiger partial charge on any atom is 0.344 e. The van der Waals surface area contributed by atoms with Crippen LogP contribution >= 0.6 is 0 Å². The number of anilines is 1. The van der Waals surface area contributed by atoms with Gasteiger partial charge < -0.3 is 15.4 Å². The van der Waals surface area contributed by atoms with Crippen LogP contribution in [0.5, 0.6) is 0 Å². The number of esters is 1. The van der Waals surface area contributed by atoms with Gasteiger partial charge in [-0.1, -0.05) is 18.2 Å². The molecule has 7 nitrogen and oxygen atoms in total. The van der Waals surface area contributed by atoms with Crippen molar-refractivity contribution in [2.45, 2.75) is 26.2 Å². The molecule has 3 rings (SSSR count). The van der Waals surface area contributed by atoms with Crippen LogP contribution < -0.4 is 5.73 Å². The van der Waals surface area contributed by atoms with Gasteiger partial charge in [-0.3, -0.25) is 4.79 Å². The molecule has 0 radical (unpaired) electrons. The number of aryl methyl sites for hydroxylation is 1. The van der Waals surface area contributed by atoms with Crippen LogP contribution in [0.4, 0.5) is 5.82 Å². The number of ether oxygens (including phenoxy) is 1. The molecule has 7 heteroatoms. The smallest absolute Gasteiger partial charge is 0.344 e. The summed E-state index contributed by atoms with van der Waals surface area (Å²) in [6.07, 6.45) is 4.50. The van der Waals surface area contributed by atoms with E-state index in [1.54, 1.807) is 4.90 Å². The van der Waals surface area contributed by atoms with Gasteiger partial charge in [0.05, 0.1) is 11.9 Å². The molecule has 0 spiro atoms. The minimum atomic E-state index is -0.636. The minimum Gasteiger partial charge on any atom is -0.452 e. The fourth-order valence-corrected chi connectivity index (χ4v) is 2.95. The average Bonchev–Trinajstić information content (AvgIpc) is 3.02. The second kappa shape index (κ2) is 7.38. The van der Waals surface area contributed by atoms with Crippen molar-refractivity contribution in [3.05, 3.63) is 41.6 Å². The molecule has 2 heterocycles. The first-order valence-corrected chi connectivity index (χ1v) is 8.42. The van der Waals surface area contributed by atoms with Gasteiger partial charge in [-0.25, -0.2) is 9.48 Å². The number of piperidine rings is 1. The highest BCUT2D eigenvalue weighted by molar-refractivity contribution is 5.95. The molecular formula is C18H22N4O3. The topological polar surface area (TPSA) is 90.5 Å². The van der Waals surface area contributed by atoms with E-state index in [-0.39, 0.29) is 23.9 Å². The summed E-state index contributed by atoms with van der Waals surface area (Å²) in [5.74, 6) is -0.606. The van der Waals surface area contributed by atoms with E-state index in [0.717, 1.165) is 43.6 Å². The van der Waals surface area contributed by atoms with E-state index in [1.165, 1.54) is 10.9 Å². The van der Waals surface area contributed by atoms with Gasteiger partial charge in [-0.2, -0.15) is 5.10 Å². The van der Waals surface area contributed by atoms with Crippen LogP contribution in [0, 0.1) is 6.92 Å². The van der Waals surface area contributed by atoms with Gasteiger partial charge in [0.15, 0.2) is 6.61 Å². The van der Waals surface area contributed by atoms with E-state index < -0.39 is 5.97 Å². The molecule has 132 valence electrons. The highest BCUT2D eigenvalue weighted by atomic mass is 16.5. The third kappa shape index (κ3) is 3.65. The van der Waals surface area contributed by atoms with Crippen LogP contribution in [0.15, 0.2) is 30.5 Å². The molecule has 2 aromatic rings. The number of nitrogens with zero attached hydrogens (tertiary/aromatic N) is 3. The van der Waals surface area contributed by atoms with Gasteiger partial charge in [0.1, 0.15) is 11.4 Å². The maximum absolute atomic E-state index is 12.3. The number of nitrogens with two attached hydrogens (primary N) is 1. The number of hydrogen-bond acceptors (Lipinski definition) is 5. The van der Waals surface area contributed by atoms with E-state index in [1.807, 2.05) is 31.2 Å². The summed E-state index contributed by atoms with van der Waals surface area (Å²) in [5.41, 5.74) is 8.00. The van der Waals surface area contributed by atoms with Crippen LogP contribution in [0.25, 0.3) is 5.69 Å². The number of amides is 1. The van der Waals surface area contributed by atoms with E-state index in [4.69, 9.17) is 10.5 Å². The van der Waals surface area contributed by atoms with Crippen molar-refractivity contribution < 1.29 is 14.3 Å². The van der Waals surface area contributed by atoms with Crippen molar-refractivity contribution in [1.82, 2.24) is 14.7 Å². The predicted molar refractivity (Wildman–Crippen MR) is 93.4 cm³/mol. The zero-order chi connectivity index (χ0) is 17.8. The Labute approximate surface area is 146 Å². The van der Waals surface area contributed by atoms with Crippen molar-refractivity contribution in [1.29, 1.82) is 0 Å². The first-order valence-electron chi connectivity index (χ1n) is 8.42. The number of carbonyl (C=O) groups is 2. The number of hydrogen-bond donors (Lipinski definition) is 1. The number of nitrogen functional groups attached to an aromatic ring is 1. The van der Waals surface area contributed by atoms with Gasteiger partial charge in [0, 0.05) is 13.1 Å². The van der Waals surface area contributed by atoms with Crippen LogP contribution in [-0.2, 0) is 9.53 Å². The Bertz CT molecular complexity index is 778. The number of rotatable bonds is 4. The molecule has 0 unspecified atom stereocenters. The van der Waals surface area contributed by atoms with Crippen molar-refractivity contribution >= 4 is 17.7 Å². The molecule has 0 aliphatic carbocycles. The number of carbonyl (C=O) groups excluding carboxylic acids is 2. The van der Waals surface area contributed by atoms with Crippen molar-refractivity contribution in [2.24, 2.45) is 0 Å². The highest BCUT2D eigenvalue weighted by Gasteiger charge is 2.21. The van der Waals surface area contributed by atoms with Crippen LogP contribution in [0.3, 0.4) is 0 Å². The summed E-state index contributed by atoms with van der Waals surface area (Å²) in [7, 11) is 0. The molecule has 1 aliphatic rings. The summed E-state index contributed by atoms with van der Waals surface area (Å²) in [4.78, 5) is 26.1. The lowest BCUT2D eigenvalue weighted by molar-refractivity contribution is -0.135. The van der Waals surface area contributed by atoms with E-state index in [0.29, 0.717) is 0 Å². The third-order valence-corrected chi connectivity index (χ3v) is 4.41. The maximum atomic E-state index is 12.3. The largest absolute Gasteiger partial charge is 0.452 e. The number of likely N-dealkylation sites (tertiary alicyclic amines) is 1. The van der Waals surface area contributed by atoms with Gasteiger partial charge >= 0.3 is 5.97 Å². The summed E-state index contributed by atoms with van der Waals surface area (Å²) in [6.45, 7) is 3.12. The SMILES string of the molecule is Cc1ccccc1-n1ncc(C(=O)OCC(=O)N2CCCCC2)c1N. The summed E-state index contributed by atoms with van der Waals surface area (Å²) in [5, 5.41) is 4.18. The molecule has 1 saturated heterocycles. The van der Waals surface area contributed by atoms with Gasteiger partial charge in [-0.05, 0) is 37.8 Å². The van der Waals surface area contributed by atoms with Crippen molar-refractivity contribution in [3.8, 4) is 5.69 Å². The molecule has 1 aliphatic heterocycles. The first kappa shape index (κ1) is 17.0. The molecule has 1 fully saturated rings. The molecule has 0 bridgehead atoms. The van der Waals surface area contributed by atoms with Gasteiger partial charge in [0.25, 0.3) is 5.91 Å². The fourth-order valence-electron chi connectivity index (χ4n) is 2.95. The van der Waals surface area contributed by atoms with Gasteiger partial charge in [0.2, 0.25) is 0 Å². The fraction of sp³-hybridized carbons (Fsp3) is 0.389. The number of aromatic nitrogens is 2. The molecular weight excluding hydrogens is 320 g/mol. The van der Waals surface area contributed by atoms with Crippen LogP contribution in [-0.4, -0.2) is 46.3 Å². The Morgan fingerprint density at radius 2 is 1.92 bits per heavy atom. The number of benzene rings is 1. The molecule has 0 atom stereocenters. The molecule has 1 aromatic carbocycles. The number of para-hydroxylation sites is 1. The monoisotopic (exact) mass is 342 g/mol. The van der Waals surface area contributed by atoms with Crippen molar-refractivity contribution in [3.63, 3.8) is 0 Å². The normalized spacial score (nSPS) is 14.4. The molecule has 25 heavy (non-hydrogen) atoms. The standard InChI is InChI=1S/C18H22N4O3/c1-13-7-3-4-8-15(13)22-17(19)14(11-20-22)18(24)25-12-16(23)21-9-5-2-6-10-21/h3-4,7-8,11H,2,5-6,9-10,12,19H2,1H3. The Kier molecular flexibility index (Phi) is 5.02. The Morgan fingerprint density at radius 3 is 2.64 bits per heavy atom. The highest BCUT2D eigenvalue weighted by Crippen LogP contribution is 2.20. The molecule has 1 aromatic heterocycles. The zero-order valence-electron chi connectivity index (χ0n) is 14.3. The van der Waals surface area contributed by atoms with Crippen molar-refractivity contribution in [2.75, 3.05) is 25.4 Å². The van der Waals surface area contributed by atoms with Crippen LogP contribution in [0.2, 0.25) is 0 Å². The lowest BCUT2D eigenvalue weighted by Gasteiger charge is -2.26.